The van der Waals surface area contributed by atoms with Gasteiger partial charge in [0, 0.05) is 36.6 Å². The number of benzene rings is 2. The Balaban J connectivity index is 1.34. The summed E-state index contributed by atoms with van der Waals surface area (Å²) < 4.78 is 19.7. The van der Waals surface area contributed by atoms with E-state index in [9.17, 15) is 18.8 Å². The number of nitrogens with zero attached hydrogens (tertiary/aromatic N) is 2. The van der Waals surface area contributed by atoms with Crippen LogP contribution < -0.4 is 10.2 Å². The fourth-order valence-electron chi connectivity index (χ4n) is 4.60. The minimum atomic E-state index is -0.469. The molecule has 3 aliphatic rings. The number of hydrogen-bond donors (Lipinski definition) is 1. The summed E-state index contributed by atoms with van der Waals surface area (Å²) in [5, 5.41) is 2.71. The first-order chi connectivity index (χ1) is 15.5. The Hall–Kier alpha value is -3.26. The third-order valence-corrected chi connectivity index (χ3v) is 6.25. The maximum atomic E-state index is 14.1. The summed E-state index contributed by atoms with van der Waals surface area (Å²) in [4.78, 5) is 41.6. The van der Waals surface area contributed by atoms with Gasteiger partial charge in [-0.1, -0.05) is 0 Å². The number of imide groups is 1. The van der Waals surface area contributed by atoms with Crippen LogP contribution in [0.4, 0.5) is 15.8 Å². The van der Waals surface area contributed by atoms with Crippen LogP contribution in [0.15, 0.2) is 36.4 Å². The van der Waals surface area contributed by atoms with Gasteiger partial charge in [-0.15, -0.1) is 0 Å². The van der Waals surface area contributed by atoms with Crippen LogP contribution in [0, 0.1) is 5.82 Å². The Morgan fingerprint density at radius 1 is 1.03 bits per heavy atom. The van der Waals surface area contributed by atoms with Gasteiger partial charge >= 0.3 is 0 Å². The highest BCUT2D eigenvalue weighted by Gasteiger charge is 2.38. The molecule has 5 rings (SSSR count). The molecule has 3 amide bonds. The van der Waals surface area contributed by atoms with Gasteiger partial charge in [0.05, 0.1) is 23.8 Å². The molecule has 0 bridgehead atoms. The number of carbonyl (C=O) groups is 3. The number of carbonyl (C=O) groups excluding carboxylic acids is 3. The molecule has 1 atom stereocenters. The van der Waals surface area contributed by atoms with Gasteiger partial charge in [-0.2, -0.15) is 0 Å². The van der Waals surface area contributed by atoms with Crippen molar-refractivity contribution in [2.45, 2.75) is 31.8 Å². The number of nitrogens with one attached hydrogen (secondary N) is 1. The fraction of sp³-hybridized carbons (Fsp3) is 0.375. The van der Waals surface area contributed by atoms with Gasteiger partial charge in [-0.05, 0) is 62.1 Å². The molecule has 2 fully saturated rings. The Morgan fingerprint density at radius 3 is 2.56 bits per heavy atom. The summed E-state index contributed by atoms with van der Waals surface area (Å²) in [6, 6.07) is 8.92. The van der Waals surface area contributed by atoms with E-state index in [2.05, 4.69) is 10.2 Å². The highest BCUT2D eigenvalue weighted by atomic mass is 19.1. The molecule has 0 aromatic heterocycles. The van der Waals surface area contributed by atoms with Gasteiger partial charge in [0.2, 0.25) is 0 Å². The van der Waals surface area contributed by atoms with Gasteiger partial charge in [-0.3, -0.25) is 19.3 Å². The number of rotatable bonds is 5. The third-order valence-electron chi connectivity index (χ3n) is 6.25. The van der Waals surface area contributed by atoms with Crippen molar-refractivity contribution >= 4 is 29.1 Å². The average molecular weight is 437 g/mol. The summed E-state index contributed by atoms with van der Waals surface area (Å²) in [6.45, 7) is 2.58. The lowest BCUT2D eigenvalue weighted by atomic mass is 10.1. The highest BCUT2D eigenvalue weighted by Crippen LogP contribution is 2.28. The van der Waals surface area contributed by atoms with Crippen LogP contribution in [-0.4, -0.2) is 55.0 Å². The number of hydrogen-bond acceptors (Lipinski definition) is 5. The molecule has 0 spiro atoms. The second kappa shape index (κ2) is 8.35. The fourth-order valence-corrected chi connectivity index (χ4v) is 4.60. The number of halogens is 1. The molecule has 2 aromatic carbocycles. The Morgan fingerprint density at radius 2 is 1.81 bits per heavy atom. The minimum Gasteiger partial charge on any atom is -0.376 e. The molecule has 1 unspecified atom stereocenters. The molecule has 32 heavy (non-hydrogen) atoms. The maximum Gasteiger partial charge on any atom is 0.261 e. The zero-order valence-corrected chi connectivity index (χ0v) is 17.6. The number of fused-ring (bicyclic) bond motifs is 1. The normalized spacial score (nSPS) is 20.2. The molecule has 2 saturated heterocycles. The van der Waals surface area contributed by atoms with E-state index in [1.165, 1.54) is 35.2 Å². The Kier molecular flexibility index (Phi) is 5.38. The molecule has 8 heteroatoms. The van der Waals surface area contributed by atoms with Crippen molar-refractivity contribution in [1.29, 1.82) is 0 Å². The van der Waals surface area contributed by atoms with Crippen molar-refractivity contribution in [2.75, 3.05) is 36.5 Å². The highest BCUT2D eigenvalue weighted by molar-refractivity contribution is 6.22. The van der Waals surface area contributed by atoms with Crippen LogP contribution in [-0.2, 0) is 4.74 Å². The molecular formula is C24H24FN3O4. The number of anilines is 2. The summed E-state index contributed by atoms with van der Waals surface area (Å²) in [5.41, 5.74) is 1.80. The van der Waals surface area contributed by atoms with Crippen molar-refractivity contribution in [3.63, 3.8) is 0 Å². The molecule has 0 saturated carbocycles. The molecule has 2 aromatic rings. The predicted octanol–water partition coefficient (Wildman–Crippen LogP) is 3.45. The molecular weight excluding hydrogens is 413 g/mol. The van der Waals surface area contributed by atoms with E-state index in [0.29, 0.717) is 12.3 Å². The van der Waals surface area contributed by atoms with Crippen molar-refractivity contribution in [1.82, 2.24) is 4.90 Å². The second-order valence-corrected chi connectivity index (χ2v) is 8.46. The molecule has 0 aliphatic carbocycles. The van der Waals surface area contributed by atoms with Crippen molar-refractivity contribution in [3.05, 3.63) is 58.9 Å². The van der Waals surface area contributed by atoms with Crippen LogP contribution in [0.5, 0.6) is 0 Å². The number of ether oxygens (including phenoxy) is 1. The van der Waals surface area contributed by atoms with Crippen molar-refractivity contribution in [3.8, 4) is 0 Å². The third kappa shape index (κ3) is 3.86. The second-order valence-electron chi connectivity index (χ2n) is 8.46. The Labute approximate surface area is 185 Å². The molecule has 3 aliphatic heterocycles. The van der Waals surface area contributed by atoms with E-state index in [4.69, 9.17) is 4.74 Å². The molecule has 3 heterocycles. The molecule has 1 N–H and O–H groups in total. The van der Waals surface area contributed by atoms with E-state index < -0.39 is 17.6 Å². The van der Waals surface area contributed by atoms with Crippen molar-refractivity contribution < 1.29 is 23.5 Å². The van der Waals surface area contributed by atoms with Crippen LogP contribution in [0.2, 0.25) is 0 Å². The summed E-state index contributed by atoms with van der Waals surface area (Å²) >= 11 is 0. The van der Waals surface area contributed by atoms with Gasteiger partial charge < -0.3 is 15.0 Å². The average Bonchev–Trinajstić information content (AvgIpc) is 3.53. The van der Waals surface area contributed by atoms with Gasteiger partial charge in [0.1, 0.15) is 5.82 Å². The Bertz CT molecular complexity index is 1090. The van der Waals surface area contributed by atoms with Crippen LogP contribution in [0.25, 0.3) is 0 Å². The van der Waals surface area contributed by atoms with Gasteiger partial charge in [0.15, 0.2) is 0 Å². The molecule has 0 radical (unpaired) electrons. The molecule has 166 valence electrons. The molecule has 7 nitrogen and oxygen atoms in total. The van der Waals surface area contributed by atoms with E-state index >= 15 is 0 Å². The first kappa shape index (κ1) is 20.6. The smallest absolute Gasteiger partial charge is 0.261 e. The zero-order chi connectivity index (χ0) is 22.2. The van der Waals surface area contributed by atoms with E-state index in [1.54, 1.807) is 6.07 Å². The lowest BCUT2D eigenvalue weighted by Gasteiger charge is -2.19. The summed E-state index contributed by atoms with van der Waals surface area (Å²) in [7, 11) is 0. The first-order valence-corrected chi connectivity index (χ1v) is 11.0. The zero-order valence-electron chi connectivity index (χ0n) is 17.6. The van der Waals surface area contributed by atoms with Crippen LogP contribution in [0.1, 0.15) is 56.8 Å². The summed E-state index contributed by atoms with van der Waals surface area (Å²) in [5.74, 6) is -1.68. The first-order valence-electron chi connectivity index (χ1n) is 11.0. The quantitative estimate of drug-likeness (QED) is 0.725. The van der Waals surface area contributed by atoms with Crippen molar-refractivity contribution in [2.24, 2.45) is 0 Å². The minimum absolute atomic E-state index is 0.141. The van der Waals surface area contributed by atoms with Gasteiger partial charge in [0.25, 0.3) is 17.7 Å². The maximum absolute atomic E-state index is 14.1. The van der Waals surface area contributed by atoms with E-state index in [0.717, 1.165) is 44.5 Å². The van der Waals surface area contributed by atoms with Gasteiger partial charge in [-0.25, -0.2) is 4.39 Å². The van der Waals surface area contributed by atoms with E-state index in [1.807, 2.05) is 0 Å². The lowest BCUT2D eigenvalue weighted by molar-refractivity contribution is 0.0475. The monoisotopic (exact) mass is 437 g/mol. The lowest BCUT2D eigenvalue weighted by Crippen LogP contribution is -2.36. The largest absolute Gasteiger partial charge is 0.376 e. The summed E-state index contributed by atoms with van der Waals surface area (Å²) in [6.07, 6.45) is 3.71. The topological polar surface area (TPSA) is 79.0 Å². The van der Waals surface area contributed by atoms with E-state index in [-0.39, 0.29) is 35.2 Å². The standard InChI is InChI=1S/C24H24FN3O4/c25-16-11-17(13-18(12-16)27-7-1-2-8-27)26-22(29)15-5-6-20-21(10-15)24(31)28(23(20)30)14-19-4-3-9-32-19/h5-6,10-13,19H,1-4,7-9,14H2,(H,26,29). The SMILES string of the molecule is O=C(Nc1cc(F)cc(N2CCCC2)c1)c1ccc2c(c1)C(=O)N(CC1CCCO1)C2=O. The number of amides is 3. The predicted molar refractivity (Wildman–Crippen MR) is 117 cm³/mol. The van der Waals surface area contributed by atoms with Crippen LogP contribution in [0.3, 0.4) is 0 Å². The van der Waals surface area contributed by atoms with Crippen LogP contribution >= 0.6 is 0 Å².